The van der Waals surface area contributed by atoms with Gasteiger partial charge in [0.1, 0.15) is 12.4 Å². The molecule has 1 heterocycles. The average Bonchev–Trinajstić information content (AvgIpc) is 2.74. The van der Waals surface area contributed by atoms with Gasteiger partial charge in [-0.1, -0.05) is 5.16 Å². The summed E-state index contributed by atoms with van der Waals surface area (Å²) in [6.07, 6.45) is 6.33. The molecule has 1 rings (SSSR count). The topological polar surface area (TPSA) is 87.6 Å². The van der Waals surface area contributed by atoms with Crippen LogP contribution in [0.3, 0.4) is 0 Å². The molecule has 0 aliphatic heterocycles. The fourth-order valence-corrected chi connectivity index (χ4v) is 2.39. The Kier molecular flexibility index (Phi) is 6.35. The second kappa shape index (κ2) is 7.58. The van der Waals surface area contributed by atoms with Crippen molar-refractivity contribution in [2.24, 2.45) is 12.2 Å². The van der Waals surface area contributed by atoms with Crippen LogP contribution in [0.25, 0.3) is 0 Å². The van der Waals surface area contributed by atoms with Crippen molar-refractivity contribution in [2.45, 2.75) is 31.3 Å². The van der Waals surface area contributed by atoms with Gasteiger partial charge < -0.3 is 5.21 Å². The highest BCUT2D eigenvalue weighted by Gasteiger charge is 2.45. The summed E-state index contributed by atoms with van der Waals surface area (Å²) in [6.45, 7) is 0.320. The van der Waals surface area contributed by atoms with E-state index in [4.69, 9.17) is 5.21 Å². The number of sulfonamides is 1. The second-order valence-corrected chi connectivity index (χ2v) is 6.37. The fraction of sp³-hybridized carbons (Fsp3) is 0.636. The molecule has 1 aromatic rings. The summed E-state index contributed by atoms with van der Waals surface area (Å²) >= 11 is 0. The van der Waals surface area contributed by atoms with Crippen LogP contribution in [0.15, 0.2) is 17.5 Å². The van der Waals surface area contributed by atoms with Gasteiger partial charge in [-0.3, -0.25) is 0 Å². The molecule has 1 aromatic heterocycles. The van der Waals surface area contributed by atoms with E-state index in [0.29, 0.717) is 31.6 Å². The number of halogens is 3. The summed E-state index contributed by atoms with van der Waals surface area (Å²) in [5, 5.41) is 11.5. The lowest BCUT2D eigenvalue weighted by molar-refractivity contribution is -0.671. The number of unbranched alkanes of at least 4 members (excludes halogenated alkanes) is 2. The third-order valence-corrected chi connectivity index (χ3v) is 4.17. The van der Waals surface area contributed by atoms with Gasteiger partial charge in [0, 0.05) is 6.54 Å². The number of hydrogen-bond acceptors (Lipinski definition) is 4. The summed E-state index contributed by atoms with van der Waals surface area (Å²) in [7, 11) is -3.47. The number of nitrogens with zero attached hydrogens (tertiary/aromatic N) is 3. The van der Waals surface area contributed by atoms with Crippen molar-refractivity contribution in [1.29, 1.82) is 0 Å². The van der Waals surface area contributed by atoms with Crippen molar-refractivity contribution in [2.75, 3.05) is 6.54 Å². The lowest BCUT2D eigenvalue weighted by Crippen LogP contribution is -2.36. The number of aryl methyl sites for hydroxylation is 2. The molecule has 0 unspecified atom stereocenters. The van der Waals surface area contributed by atoms with Crippen LogP contribution >= 0.6 is 0 Å². The number of oxime groups is 1. The molecule has 0 spiro atoms. The van der Waals surface area contributed by atoms with Crippen molar-refractivity contribution < 1.29 is 31.4 Å². The van der Waals surface area contributed by atoms with E-state index in [2.05, 4.69) is 5.16 Å². The van der Waals surface area contributed by atoms with Gasteiger partial charge in [0.2, 0.25) is 0 Å². The van der Waals surface area contributed by atoms with Crippen molar-refractivity contribution in [3.05, 3.63) is 18.2 Å². The number of hydrogen-bond donors (Lipinski definition) is 2. The minimum absolute atomic E-state index is 0.258. The fourth-order valence-electron chi connectivity index (χ4n) is 1.81. The third-order valence-electron chi connectivity index (χ3n) is 2.97. The van der Waals surface area contributed by atoms with Crippen molar-refractivity contribution >= 4 is 16.2 Å². The van der Waals surface area contributed by atoms with Crippen molar-refractivity contribution in [3.8, 4) is 0 Å². The number of alkyl halides is 3. The van der Waals surface area contributed by atoms with Gasteiger partial charge in [0.15, 0.2) is 6.21 Å². The monoisotopic (exact) mass is 343 g/mol. The van der Waals surface area contributed by atoms with Gasteiger partial charge in [-0.15, -0.1) is 0 Å². The highest BCUT2D eigenvalue weighted by molar-refractivity contribution is 7.90. The van der Waals surface area contributed by atoms with Crippen LogP contribution in [0.2, 0.25) is 0 Å². The predicted octanol–water partition coefficient (Wildman–Crippen LogP) is 0.730. The van der Waals surface area contributed by atoms with Crippen LogP contribution in [0.1, 0.15) is 25.1 Å². The first-order chi connectivity index (χ1) is 10.2. The van der Waals surface area contributed by atoms with Gasteiger partial charge in [0.25, 0.3) is 0 Å². The third kappa shape index (κ3) is 4.98. The molecule has 0 aromatic carbocycles. The Morgan fingerprint density at radius 3 is 2.68 bits per heavy atom. The molecule has 0 fully saturated rings. The van der Waals surface area contributed by atoms with Crippen LogP contribution in [-0.2, 0) is 23.6 Å². The predicted molar refractivity (Wildman–Crippen MR) is 71.8 cm³/mol. The standard InChI is InChI=1S/C11H17F3N4O3S/c1-17-7-8-18(10(17)9-15-19)6-4-2-3-5-16-22(20,21)11(12,13)14/h7-9,16H,2-6H2,1H3/p+1. The molecule has 22 heavy (non-hydrogen) atoms. The average molecular weight is 343 g/mol. The van der Waals surface area contributed by atoms with Crippen molar-refractivity contribution in [3.63, 3.8) is 0 Å². The van der Waals surface area contributed by atoms with Crippen LogP contribution in [-0.4, -0.2) is 36.5 Å². The zero-order chi connectivity index (χ0) is 16.8. The van der Waals surface area contributed by atoms with E-state index in [-0.39, 0.29) is 6.54 Å². The van der Waals surface area contributed by atoms with Gasteiger partial charge in [-0.05, 0) is 19.3 Å². The highest BCUT2D eigenvalue weighted by Crippen LogP contribution is 2.21. The Labute approximate surface area is 126 Å². The van der Waals surface area contributed by atoms with Crippen LogP contribution in [0.4, 0.5) is 13.2 Å². The maximum absolute atomic E-state index is 12.1. The minimum atomic E-state index is -5.27. The largest absolute Gasteiger partial charge is 0.511 e. The molecule has 126 valence electrons. The lowest BCUT2D eigenvalue weighted by atomic mass is 10.2. The molecule has 0 saturated carbocycles. The Morgan fingerprint density at radius 1 is 1.41 bits per heavy atom. The first kappa shape index (κ1) is 18.4. The zero-order valence-electron chi connectivity index (χ0n) is 11.9. The normalized spacial score (nSPS) is 13.1. The first-order valence-electron chi connectivity index (χ1n) is 6.47. The minimum Gasteiger partial charge on any atom is -0.411 e. The van der Waals surface area contributed by atoms with Gasteiger partial charge in [0.05, 0.1) is 13.6 Å². The molecule has 0 saturated heterocycles. The summed E-state index contributed by atoms with van der Waals surface area (Å²) in [5.41, 5.74) is -5.27. The first-order valence-corrected chi connectivity index (χ1v) is 7.95. The van der Waals surface area contributed by atoms with Gasteiger partial charge >= 0.3 is 21.4 Å². The molecule has 0 radical (unpaired) electrons. The summed E-state index contributed by atoms with van der Waals surface area (Å²) in [6, 6.07) is 0. The molecule has 0 aliphatic rings. The SMILES string of the molecule is C[n+]1ccn(CCCCCNS(=O)(=O)C(F)(F)F)c1/C=N/O. The lowest BCUT2D eigenvalue weighted by Gasteiger charge is -2.08. The molecular weight excluding hydrogens is 325 g/mol. The maximum atomic E-state index is 12.1. The molecule has 11 heteroatoms. The Bertz CT molecular complexity index is 611. The van der Waals surface area contributed by atoms with Crippen LogP contribution in [0, 0.1) is 0 Å². The molecule has 7 nitrogen and oxygen atoms in total. The summed E-state index contributed by atoms with van der Waals surface area (Å²) in [5.74, 6) is 0.667. The van der Waals surface area contributed by atoms with E-state index in [1.165, 1.54) is 10.9 Å². The quantitative estimate of drug-likeness (QED) is 0.240. The van der Waals surface area contributed by atoms with E-state index >= 15 is 0 Å². The Morgan fingerprint density at radius 2 is 2.09 bits per heavy atom. The van der Waals surface area contributed by atoms with E-state index in [0.717, 1.165) is 0 Å². The molecular formula is C11H18F3N4O3S+. The highest BCUT2D eigenvalue weighted by atomic mass is 32.2. The van der Waals surface area contributed by atoms with Gasteiger partial charge in [-0.2, -0.15) is 13.2 Å². The van der Waals surface area contributed by atoms with Crippen LogP contribution in [0.5, 0.6) is 0 Å². The molecule has 2 N–H and O–H groups in total. The maximum Gasteiger partial charge on any atom is 0.511 e. The number of rotatable bonds is 8. The Balaban J connectivity index is 2.33. The van der Waals surface area contributed by atoms with E-state index < -0.39 is 15.5 Å². The second-order valence-electron chi connectivity index (χ2n) is 4.61. The van der Waals surface area contributed by atoms with E-state index in [1.54, 1.807) is 24.0 Å². The Hall–Kier alpha value is -1.62. The molecule has 0 aliphatic carbocycles. The zero-order valence-corrected chi connectivity index (χ0v) is 12.7. The number of aromatic nitrogens is 2. The van der Waals surface area contributed by atoms with E-state index in [9.17, 15) is 21.6 Å². The molecule has 0 atom stereocenters. The number of nitrogens with one attached hydrogen (secondary N) is 1. The smallest absolute Gasteiger partial charge is 0.411 e. The summed E-state index contributed by atoms with van der Waals surface area (Å²) < 4.78 is 62.8. The van der Waals surface area contributed by atoms with E-state index in [1.807, 2.05) is 4.57 Å². The summed E-state index contributed by atoms with van der Waals surface area (Å²) in [4.78, 5) is 0. The molecule has 0 bridgehead atoms. The van der Waals surface area contributed by atoms with Crippen LogP contribution < -0.4 is 9.29 Å². The number of imidazole rings is 1. The molecule has 0 amide bonds. The van der Waals surface area contributed by atoms with Gasteiger partial charge in [-0.25, -0.2) is 22.3 Å². The van der Waals surface area contributed by atoms with Crippen molar-refractivity contribution in [1.82, 2.24) is 9.29 Å².